The standard InChI is InChI=1S/C11H11BrN6O2/c12-9-4-3-8(5-10(9)18(19)20)17-11(14-15-16-17)6-13-7-1-2-7/h3-5,7,13H,1-2,6H2. The van der Waals surface area contributed by atoms with Gasteiger partial charge in [0.2, 0.25) is 0 Å². The van der Waals surface area contributed by atoms with Crippen LogP contribution < -0.4 is 5.32 Å². The van der Waals surface area contributed by atoms with Crippen molar-refractivity contribution in [1.82, 2.24) is 25.5 Å². The zero-order valence-electron chi connectivity index (χ0n) is 10.4. The molecule has 0 atom stereocenters. The van der Waals surface area contributed by atoms with Crippen molar-refractivity contribution in [1.29, 1.82) is 0 Å². The van der Waals surface area contributed by atoms with Crippen molar-refractivity contribution in [3.63, 3.8) is 0 Å². The predicted octanol–water partition coefficient (Wildman–Crippen LogP) is 1.58. The topological polar surface area (TPSA) is 98.8 Å². The summed E-state index contributed by atoms with van der Waals surface area (Å²) in [6.07, 6.45) is 2.34. The van der Waals surface area contributed by atoms with E-state index in [0.29, 0.717) is 28.6 Å². The molecule has 8 nitrogen and oxygen atoms in total. The van der Waals surface area contributed by atoms with E-state index in [0.717, 1.165) is 0 Å². The van der Waals surface area contributed by atoms with Crippen LogP contribution in [-0.2, 0) is 6.54 Å². The maximum absolute atomic E-state index is 11.0. The van der Waals surface area contributed by atoms with Crippen molar-refractivity contribution >= 4 is 21.6 Å². The van der Waals surface area contributed by atoms with E-state index in [1.807, 2.05) is 0 Å². The molecule has 104 valence electrons. The Morgan fingerprint density at radius 3 is 3.00 bits per heavy atom. The smallest absolute Gasteiger partial charge is 0.285 e. The third-order valence-corrected chi connectivity index (χ3v) is 3.70. The number of hydrogen-bond acceptors (Lipinski definition) is 6. The number of nitrogens with one attached hydrogen (secondary N) is 1. The minimum absolute atomic E-state index is 0.0147. The zero-order chi connectivity index (χ0) is 14.1. The van der Waals surface area contributed by atoms with Crippen LogP contribution >= 0.6 is 15.9 Å². The first-order valence-corrected chi connectivity index (χ1v) is 6.89. The molecule has 0 bridgehead atoms. The summed E-state index contributed by atoms with van der Waals surface area (Å²) in [5.74, 6) is 0.633. The van der Waals surface area contributed by atoms with E-state index in [-0.39, 0.29) is 5.69 Å². The van der Waals surface area contributed by atoms with Gasteiger partial charge >= 0.3 is 0 Å². The lowest BCUT2D eigenvalue weighted by Crippen LogP contribution is -2.18. The monoisotopic (exact) mass is 338 g/mol. The van der Waals surface area contributed by atoms with E-state index >= 15 is 0 Å². The highest BCUT2D eigenvalue weighted by Gasteiger charge is 2.22. The van der Waals surface area contributed by atoms with Crippen LogP contribution in [0.25, 0.3) is 5.69 Å². The van der Waals surface area contributed by atoms with Crippen LogP contribution in [0.5, 0.6) is 0 Å². The number of aromatic nitrogens is 4. The quantitative estimate of drug-likeness (QED) is 0.656. The van der Waals surface area contributed by atoms with Gasteiger partial charge in [-0.05, 0) is 51.3 Å². The fourth-order valence-electron chi connectivity index (χ4n) is 1.81. The Hall–Kier alpha value is -1.87. The van der Waals surface area contributed by atoms with Gasteiger partial charge in [-0.3, -0.25) is 10.1 Å². The summed E-state index contributed by atoms with van der Waals surface area (Å²) in [4.78, 5) is 10.5. The summed E-state index contributed by atoms with van der Waals surface area (Å²) < 4.78 is 1.94. The van der Waals surface area contributed by atoms with Crippen LogP contribution in [0.3, 0.4) is 0 Å². The van der Waals surface area contributed by atoms with Gasteiger partial charge in [0.05, 0.1) is 21.6 Å². The SMILES string of the molecule is O=[N+]([O-])c1cc(-n2nnnc2CNC2CC2)ccc1Br. The van der Waals surface area contributed by atoms with Crippen molar-refractivity contribution in [3.05, 3.63) is 38.6 Å². The molecule has 1 N–H and O–H groups in total. The lowest BCUT2D eigenvalue weighted by molar-refractivity contribution is -0.385. The molecule has 0 radical (unpaired) electrons. The first-order chi connectivity index (χ1) is 9.65. The van der Waals surface area contributed by atoms with E-state index in [2.05, 4.69) is 36.8 Å². The molecule has 0 saturated heterocycles. The molecule has 1 fully saturated rings. The van der Waals surface area contributed by atoms with Gasteiger partial charge in [0.15, 0.2) is 5.82 Å². The summed E-state index contributed by atoms with van der Waals surface area (Å²) >= 11 is 3.16. The molecule has 1 saturated carbocycles. The van der Waals surface area contributed by atoms with Crippen LogP contribution in [0.15, 0.2) is 22.7 Å². The molecule has 9 heteroatoms. The van der Waals surface area contributed by atoms with E-state index in [1.165, 1.54) is 23.6 Å². The average molecular weight is 339 g/mol. The lowest BCUT2D eigenvalue weighted by Gasteiger charge is -2.05. The van der Waals surface area contributed by atoms with E-state index in [4.69, 9.17) is 0 Å². The van der Waals surface area contributed by atoms with Crippen molar-refractivity contribution in [3.8, 4) is 5.69 Å². The Morgan fingerprint density at radius 1 is 1.50 bits per heavy atom. The molecule has 1 aromatic heterocycles. The maximum Gasteiger partial charge on any atom is 0.285 e. The van der Waals surface area contributed by atoms with Crippen LogP contribution in [0.1, 0.15) is 18.7 Å². The minimum Gasteiger partial charge on any atom is -0.307 e. The molecule has 1 heterocycles. The van der Waals surface area contributed by atoms with Gasteiger partial charge in [-0.2, -0.15) is 4.68 Å². The number of benzene rings is 1. The number of halogens is 1. The number of nitrogens with zero attached hydrogens (tertiary/aromatic N) is 5. The first-order valence-electron chi connectivity index (χ1n) is 6.10. The summed E-state index contributed by atoms with van der Waals surface area (Å²) in [7, 11) is 0. The third-order valence-electron chi connectivity index (χ3n) is 3.03. The second-order valence-electron chi connectivity index (χ2n) is 4.55. The Labute approximate surface area is 122 Å². The maximum atomic E-state index is 11.0. The largest absolute Gasteiger partial charge is 0.307 e. The second-order valence-corrected chi connectivity index (χ2v) is 5.41. The fraction of sp³-hybridized carbons (Fsp3) is 0.364. The van der Waals surface area contributed by atoms with Gasteiger partial charge in [-0.1, -0.05) is 0 Å². The fourth-order valence-corrected chi connectivity index (χ4v) is 2.20. The highest BCUT2D eigenvalue weighted by molar-refractivity contribution is 9.10. The average Bonchev–Trinajstić information content (AvgIpc) is 3.14. The van der Waals surface area contributed by atoms with Gasteiger partial charge in [-0.25, -0.2) is 0 Å². The number of tetrazole rings is 1. The van der Waals surface area contributed by atoms with Crippen molar-refractivity contribution in [2.45, 2.75) is 25.4 Å². The second kappa shape index (κ2) is 5.25. The molecule has 3 rings (SSSR count). The molecule has 1 aliphatic rings. The Balaban J connectivity index is 1.90. The summed E-state index contributed by atoms with van der Waals surface area (Å²) in [5.41, 5.74) is 0.552. The van der Waals surface area contributed by atoms with Crippen LogP contribution in [0.4, 0.5) is 5.69 Å². The Morgan fingerprint density at radius 2 is 2.30 bits per heavy atom. The van der Waals surface area contributed by atoms with Crippen molar-refractivity contribution in [2.24, 2.45) is 0 Å². The molecule has 20 heavy (non-hydrogen) atoms. The Bertz CT molecular complexity index is 654. The third kappa shape index (κ3) is 2.68. The number of nitro groups is 1. The summed E-state index contributed by atoms with van der Waals surface area (Å²) in [5, 5.41) is 25.7. The van der Waals surface area contributed by atoms with Gasteiger partial charge in [0.1, 0.15) is 0 Å². The minimum atomic E-state index is -0.444. The van der Waals surface area contributed by atoms with Crippen LogP contribution in [-0.4, -0.2) is 31.2 Å². The van der Waals surface area contributed by atoms with E-state index < -0.39 is 4.92 Å². The van der Waals surface area contributed by atoms with Crippen molar-refractivity contribution in [2.75, 3.05) is 0 Å². The predicted molar refractivity (Wildman–Crippen MR) is 73.4 cm³/mol. The molecular formula is C11H11BrN6O2. The first kappa shape index (κ1) is 13.1. The molecule has 0 spiro atoms. The summed E-state index contributed by atoms with van der Waals surface area (Å²) in [6.45, 7) is 0.543. The van der Waals surface area contributed by atoms with Crippen molar-refractivity contribution < 1.29 is 4.92 Å². The normalized spacial score (nSPS) is 14.4. The molecular weight excluding hydrogens is 328 g/mol. The van der Waals surface area contributed by atoms with Gasteiger partial charge < -0.3 is 5.32 Å². The van der Waals surface area contributed by atoms with Gasteiger partial charge in [-0.15, -0.1) is 5.10 Å². The molecule has 2 aromatic rings. The van der Waals surface area contributed by atoms with Crippen LogP contribution in [0.2, 0.25) is 0 Å². The Kier molecular flexibility index (Phi) is 3.45. The summed E-state index contributed by atoms with van der Waals surface area (Å²) in [6, 6.07) is 5.34. The molecule has 0 unspecified atom stereocenters. The molecule has 0 amide bonds. The number of rotatable bonds is 5. The number of hydrogen-bond donors (Lipinski definition) is 1. The zero-order valence-corrected chi connectivity index (χ0v) is 11.9. The lowest BCUT2D eigenvalue weighted by atomic mass is 10.3. The molecule has 0 aliphatic heterocycles. The molecule has 1 aliphatic carbocycles. The van der Waals surface area contributed by atoms with E-state index in [9.17, 15) is 10.1 Å². The molecule has 1 aromatic carbocycles. The van der Waals surface area contributed by atoms with Gasteiger partial charge in [0.25, 0.3) is 5.69 Å². The van der Waals surface area contributed by atoms with Gasteiger partial charge in [0, 0.05) is 12.1 Å². The highest BCUT2D eigenvalue weighted by Crippen LogP contribution is 2.27. The number of nitro benzene ring substituents is 1. The van der Waals surface area contributed by atoms with Crippen LogP contribution in [0, 0.1) is 10.1 Å². The van der Waals surface area contributed by atoms with E-state index in [1.54, 1.807) is 12.1 Å². The highest BCUT2D eigenvalue weighted by atomic mass is 79.9.